The smallest absolute Gasteiger partial charge is 0.0945 e. The average molecular weight is 333 g/mol. The van der Waals surface area contributed by atoms with E-state index in [2.05, 4.69) is 40.3 Å². The van der Waals surface area contributed by atoms with Crippen LogP contribution in [0, 0.1) is 0 Å². The SMILES string of the molecule is OC(/C=C/c1ccc(CCc2cccnc2)cc1)CCn1ccnc1. The van der Waals surface area contributed by atoms with Crippen LogP contribution in [0.15, 0.2) is 73.6 Å². The lowest BCUT2D eigenvalue weighted by molar-refractivity contribution is 0.206. The molecule has 4 nitrogen and oxygen atoms in total. The Morgan fingerprint density at radius 1 is 1.00 bits per heavy atom. The summed E-state index contributed by atoms with van der Waals surface area (Å²) in [6.45, 7) is 0.763. The van der Waals surface area contributed by atoms with E-state index in [0.717, 1.165) is 24.9 Å². The zero-order valence-electron chi connectivity index (χ0n) is 14.2. The second-order valence-corrected chi connectivity index (χ2v) is 6.12. The molecule has 128 valence electrons. The Hall–Kier alpha value is -2.72. The fraction of sp³-hybridized carbons (Fsp3) is 0.238. The normalized spacial score (nSPS) is 12.5. The summed E-state index contributed by atoms with van der Waals surface area (Å²) in [4.78, 5) is 8.14. The summed E-state index contributed by atoms with van der Waals surface area (Å²) >= 11 is 0. The lowest BCUT2D eigenvalue weighted by Crippen LogP contribution is -2.07. The minimum absolute atomic E-state index is 0.451. The van der Waals surface area contributed by atoms with Gasteiger partial charge in [0, 0.05) is 31.3 Å². The number of nitrogens with zero attached hydrogens (tertiary/aromatic N) is 3. The molecular weight excluding hydrogens is 310 g/mol. The molecule has 0 aliphatic rings. The highest BCUT2D eigenvalue weighted by atomic mass is 16.3. The van der Waals surface area contributed by atoms with Crippen molar-refractivity contribution in [2.75, 3.05) is 0 Å². The third-order valence-corrected chi connectivity index (χ3v) is 4.16. The van der Waals surface area contributed by atoms with Gasteiger partial charge in [-0.3, -0.25) is 4.98 Å². The number of aryl methyl sites for hydroxylation is 3. The van der Waals surface area contributed by atoms with Crippen LogP contribution < -0.4 is 0 Å². The molecule has 0 bridgehead atoms. The van der Waals surface area contributed by atoms with Gasteiger partial charge in [-0.25, -0.2) is 4.98 Å². The summed E-state index contributed by atoms with van der Waals surface area (Å²) < 4.78 is 1.97. The zero-order valence-corrected chi connectivity index (χ0v) is 14.2. The number of aliphatic hydroxyl groups is 1. The summed E-state index contributed by atoms with van der Waals surface area (Å²) in [5, 5.41) is 10.0. The van der Waals surface area contributed by atoms with E-state index >= 15 is 0 Å². The fourth-order valence-electron chi connectivity index (χ4n) is 2.65. The fourth-order valence-corrected chi connectivity index (χ4v) is 2.65. The average Bonchev–Trinajstić information content (AvgIpc) is 3.18. The van der Waals surface area contributed by atoms with Crippen molar-refractivity contribution in [1.29, 1.82) is 0 Å². The van der Waals surface area contributed by atoms with E-state index in [4.69, 9.17) is 0 Å². The van der Waals surface area contributed by atoms with Gasteiger partial charge in [0.2, 0.25) is 0 Å². The van der Waals surface area contributed by atoms with Crippen LogP contribution in [0.4, 0.5) is 0 Å². The molecule has 0 amide bonds. The van der Waals surface area contributed by atoms with Crippen molar-refractivity contribution in [2.45, 2.75) is 31.9 Å². The van der Waals surface area contributed by atoms with Crippen molar-refractivity contribution < 1.29 is 5.11 Å². The van der Waals surface area contributed by atoms with Gasteiger partial charge in [-0.1, -0.05) is 42.5 Å². The van der Waals surface area contributed by atoms with Crippen molar-refractivity contribution >= 4 is 6.08 Å². The van der Waals surface area contributed by atoms with Crippen LogP contribution in [0.2, 0.25) is 0 Å². The van der Waals surface area contributed by atoms with E-state index in [1.165, 1.54) is 11.1 Å². The van der Waals surface area contributed by atoms with Crippen LogP contribution in [0.1, 0.15) is 23.1 Å². The molecule has 0 saturated carbocycles. The van der Waals surface area contributed by atoms with Gasteiger partial charge in [-0.15, -0.1) is 0 Å². The van der Waals surface area contributed by atoms with Crippen LogP contribution in [-0.2, 0) is 19.4 Å². The summed E-state index contributed by atoms with van der Waals surface area (Å²) in [6, 6.07) is 12.6. The van der Waals surface area contributed by atoms with Gasteiger partial charge in [-0.05, 0) is 42.0 Å². The molecule has 2 heterocycles. The van der Waals surface area contributed by atoms with Crippen molar-refractivity contribution in [2.24, 2.45) is 0 Å². The topological polar surface area (TPSA) is 50.9 Å². The molecule has 25 heavy (non-hydrogen) atoms. The van der Waals surface area contributed by atoms with Gasteiger partial charge in [0.05, 0.1) is 12.4 Å². The standard InChI is InChI=1S/C21H23N3O/c25-21(11-14-24-15-13-23-17-24)10-9-19-5-3-18(4-6-19)7-8-20-2-1-12-22-16-20/h1-6,9-10,12-13,15-17,21,25H,7-8,11,14H2/b10-9+. The molecule has 3 aromatic rings. The highest BCUT2D eigenvalue weighted by Gasteiger charge is 2.00. The molecule has 0 fully saturated rings. The largest absolute Gasteiger partial charge is 0.389 e. The Morgan fingerprint density at radius 3 is 2.56 bits per heavy atom. The second-order valence-electron chi connectivity index (χ2n) is 6.12. The van der Waals surface area contributed by atoms with Crippen LogP contribution >= 0.6 is 0 Å². The predicted octanol–water partition coefficient (Wildman–Crippen LogP) is 3.53. The summed E-state index contributed by atoms with van der Waals surface area (Å²) in [5.41, 5.74) is 3.67. The van der Waals surface area contributed by atoms with Crippen LogP contribution in [-0.4, -0.2) is 25.7 Å². The minimum Gasteiger partial charge on any atom is -0.389 e. The van der Waals surface area contributed by atoms with Gasteiger partial charge in [0.1, 0.15) is 0 Å². The molecule has 2 aromatic heterocycles. The van der Waals surface area contributed by atoms with Gasteiger partial charge < -0.3 is 9.67 Å². The Morgan fingerprint density at radius 2 is 1.84 bits per heavy atom. The highest BCUT2D eigenvalue weighted by Crippen LogP contribution is 2.11. The Kier molecular flexibility index (Phi) is 6.12. The van der Waals surface area contributed by atoms with Crippen LogP contribution in [0.5, 0.6) is 0 Å². The Labute approximate surface area is 148 Å². The van der Waals surface area contributed by atoms with Gasteiger partial charge >= 0.3 is 0 Å². The molecule has 1 atom stereocenters. The minimum atomic E-state index is -0.451. The number of aromatic nitrogens is 3. The zero-order chi connectivity index (χ0) is 17.3. The highest BCUT2D eigenvalue weighted by molar-refractivity contribution is 5.50. The molecular formula is C21H23N3O. The van der Waals surface area contributed by atoms with Crippen molar-refractivity contribution in [3.8, 4) is 0 Å². The third-order valence-electron chi connectivity index (χ3n) is 4.16. The number of aliphatic hydroxyl groups excluding tert-OH is 1. The first kappa shape index (κ1) is 17.1. The van der Waals surface area contributed by atoms with E-state index in [0.29, 0.717) is 6.42 Å². The molecule has 1 unspecified atom stereocenters. The number of benzene rings is 1. The van der Waals surface area contributed by atoms with Crippen molar-refractivity contribution in [3.63, 3.8) is 0 Å². The summed E-state index contributed by atoms with van der Waals surface area (Å²) in [6.07, 6.45) is 15.2. The number of pyridine rings is 1. The molecule has 0 spiro atoms. The lowest BCUT2D eigenvalue weighted by atomic mass is 10.0. The van der Waals surface area contributed by atoms with Crippen molar-refractivity contribution in [1.82, 2.24) is 14.5 Å². The monoisotopic (exact) mass is 333 g/mol. The molecule has 4 heteroatoms. The molecule has 0 aliphatic carbocycles. The van der Waals surface area contributed by atoms with Crippen LogP contribution in [0.25, 0.3) is 6.08 Å². The molecule has 0 aliphatic heterocycles. The van der Waals surface area contributed by atoms with E-state index in [-0.39, 0.29) is 0 Å². The lowest BCUT2D eigenvalue weighted by Gasteiger charge is -2.06. The maximum absolute atomic E-state index is 10.0. The quantitative estimate of drug-likeness (QED) is 0.686. The molecule has 0 radical (unpaired) electrons. The first-order chi connectivity index (χ1) is 12.3. The number of imidazole rings is 1. The number of hydrogen-bond donors (Lipinski definition) is 1. The maximum atomic E-state index is 10.0. The molecule has 3 rings (SSSR count). The molecule has 1 N–H and O–H groups in total. The van der Waals surface area contributed by atoms with Gasteiger partial charge in [0.25, 0.3) is 0 Å². The summed E-state index contributed by atoms with van der Waals surface area (Å²) in [5.74, 6) is 0. The van der Waals surface area contributed by atoms with Crippen molar-refractivity contribution in [3.05, 3.63) is 90.3 Å². The second kappa shape index (κ2) is 8.94. The number of hydrogen-bond acceptors (Lipinski definition) is 3. The molecule has 0 saturated heterocycles. The van der Waals surface area contributed by atoms with Gasteiger partial charge in [0.15, 0.2) is 0 Å². The summed E-state index contributed by atoms with van der Waals surface area (Å²) in [7, 11) is 0. The van der Waals surface area contributed by atoms with E-state index < -0.39 is 6.10 Å². The van der Waals surface area contributed by atoms with Gasteiger partial charge in [-0.2, -0.15) is 0 Å². The van der Waals surface area contributed by atoms with E-state index in [1.54, 1.807) is 18.7 Å². The Balaban J connectivity index is 1.46. The maximum Gasteiger partial charge on any atom is 0.0945 e. The first-order valence-corrected chi connectivity index (χ1v) is 8.59. The molecule has 1 aromatic carbocycles. The van der Waals surface area contributed by atoms with E-state index in [9.17, 15) is 5.11 Å². The Bertz CT molecular complexity index is 765. The number of rotatable bonds is 8. The van der Waals surface area contributed by atoms with E-state index in [1.807, 2.05) is 35.2 Å². The third kappa shape index (κ3) is 5.69. The first-order valence-electron chi connectivity index (χ1n) is 8.59. The van der Waals surface area contributed by atoms with Crippen LogP contribution in [0.3, 0.4) is 0 Å². The predicted molar refractivity (Wildman–Crippen MR) is 100.0 cm³/mol.